The molecule has 0 aromatic heterocycles. The number of nitrogens with zero attached hydrogens (tertiary/aromatic N) is 2. The van der Waals surface area contributed by atoms with Gasteiger partial charge in [0, 0.05) is 11.8 Å². The summed E-state index contributed by atoms with van der Waals surface area (Å²) in [4.78, 5) is 5.56. The van der Waals surface area contributed by atoms with Crippen molar-refractivity contribution in [2.24, 2.45) is 9.36 Å². The lowest BCUT2D eigenvalue weighted by Crippen LogP contribution is -2.26. The first kappa shape index (κ1) is 20.9. The van der Waals surface area contributed by atoms with Crippen LogP contribution in [-0.2, 0) is 15.1 Å². The fraction of sp³-hybridized carbons (Fsp3) is 0.0606. The number of rotatable bonds is 1. The summed E-state index contributed by atoms with van der Waals surface area (Å²) in [5.74, 6) is 0.527. The minimum atomic E-state index is -2.59. The van der Waals surface area contributed by atoms with Gasteiger partial charge in [-0.25, -0.2) is 9.20 Å². The van der Waals surface area contributed by atoms with Gasteiger partial charge in [0.05, 0.1) is 25.7 Å². The Kier molecular flexibility index (Phi) is 4.03. The summed E-state index contributed by atoms with van der Waals surface area (Å²) in [6.07, 6.45) is 1.70. The first-order valence-electron chi connectivity index (χ1n) is 12.4. The van der Waals surface area contributed by atoms with Gasteiger partial charge in [-0.05, 0) is 62.7 Å². The molecule has 37 heavy (non-hydrogen) atoms. The molecule has 4 heteroatoms. The van der Waals surface area contributed by atoms with E-state index >= 15 is 0 Å². The van der Waals surface area contributed by atoms with Crippen LogP contribution in [-0.4, -0.2) is 16.3 Å². The van der Waals surface area contributed by atoms with E-state index in [2.05, 4.69) is 95.4 Å². The Balaban J connectivity index is 1.46. The summed E-state index contributed by atoms with van der Waals surface area (Å²) < 4.78 is 18.2. The number of benzene rings is 5. The molecule has 1 aliphatic heterocycles. The van der Waals surface area contributed by atoms with Crippen molar-refractivity contribution < 1.29 is 4.21 Å². The van der Waals surface area contributed by atoms with Crippen LogP contribution in [0.1, 0.15) is 27.8 Å². The van der Waals surface area contributed by atoms with Gasteiger partial charge >= 0.3 is 0 Å². The SMILES string of the molecule is CS1(=O)=NC(c2ccc3c(c2)C2(c4ccccc4-c4ccccc42)c2ccccc2-3)=Nc2ccccc21. The Hall–Kier alpha value is -4.28. The van der Waals surface area contributed by atoms with E-state index in [0.29, 0.717) is 10.7 Å². The lowest BCUT2D eigenvalue weighted by molar-refractivity contribution is 0.681. The van der Waals surface area contributed by atoms with Crippen LogP contribution in [0, 0.1) is 0 Å². The molecule has 2 aliphatic carbocycles. The maximum Gasteiger partial charge on any atom is 0.169 e. The van der Waals surface area contributed by atoms with Crippen LogP contribution >= 0.6 is 0 Å². The van der Waals surface area contributed by atoms with Gasteiger partial charge in [0.2, 0.25) is 0 Å². The van der Waals surface area contributed by atoms with Crippen molar-refractivity contribution in [3.05, 3.63) is 143 Å². The van der Waals surface area contributed by atoms with Crippen LogP contribution in [0.4, 0.5) is 5.69 Å². The molecule has 1 heterocycles. The van der Waals surface area contributed by atoms with Gasteiger partial charge in [0.25, 0.3) is 0 Å². The second-order valence-electron chi connectivity index (χ2n) is 9.94. The molecular formula is C33H22N2OS. The Morgan fingerprint density at radius 2 is 1.11 bits per heavy atom. The van der Waals surface area contributed by atoms with Gasteiger partial charge in [0.1, 0.15) is 0 Å². The molecule has 1 spiro atoms. The van der Waals surface area contributed by atoms with E-state index < -0.39 is 15.1 Å². The summed E-state index contributed by atoms with van der Waals surface area (Å²) in [6.45, 7) is 0. The average molecular weight is 495 g/mol. The zero-order chi connectivity index (χ0) is 24.8. The molecule has 0 saturated carbocycles. The lowest BCUT2D eigenvalue weighted by atomic mass is 9.70. The number of aliphatic imine (C=N–C) groups is 1. The van der Waals surface area contributed by atoms with E-state index in [1.165, 1.54) is 44.5 Å². The molecule has 1 unspecified atom stereocenters. The number of hydrogen-bond donors (Lipinski definition) is 0. The van der Waals surface area contributed by atoms with Crippen molar-refractivity contribution in [1.82, 2.24) is 0 Å². The van der Waals surface area contributed by atoms with Crippen LogP contribution in [0.3, 0.4) is 0 Å². The van der Waals surface area contributed by atoms with Crippen LogP contribution < -0.4 is 0 Å². The Bertz CT molecular complexity index is 1900. The third-order valence-corrected chi connectivity index (χ3v) is 9.70. The van der Waals surface area contributed by atoms with E-state index in [9.17, 15) is 4.21 Å². The fourth-order valence-electron chi connectivity index (χ4n) is 6.57. The predicted octanol–water partition coefficient (Wildman–Crippen LogP) is 7.58. The first-order valence-corrected chi connectivity index (χ1v) is 14.4. The highest BCUT2D eigenvalue weighted by Gasteiger charge is 2.51. The normalized spacial score (nSPS) is 19.2. The number of fused-ring (bicyclic) bond motifs is 11. The summed E-state index contributed by atoms with van der Waals surface area (Å²) >= 11 is 0. The predicted molar refractivity (Wildman–Crippen MR) is 150 cm³/mol. The van der Waals surface area contributed by atoms with Gasteiger partial charge in [-0.15, -0.1) is 0 Å². The average Bonchev–Trinajstić information content (AvgIpc) is 3.40. The highest BCUT2D eigenvalue weighted by atomic mass is 32.2. The largest absolute Gasteiger partial charge is 0.245 e. The molecule has 0 fully saturated rings. The van der Waals surface area contributed by atoms with Crippen LogP contribution in [0.2, 0.25) is 0 Å². The van der Waals surface area contributed by atoms with Crippen molar-refractivity contribution in [1.29, 1.82) is 0 Å². The van der Waals surface area contributed by atoms with E-state index in [-0.39, 0.29) is 0 Å². The standard InChI is InChI=1S/C33H22N2OS/c1-37(36)31-17-9-8-16-30(31)34-32(35-37)21-18-19-25-24-12-4-7-15-28(24)33(29(25)20-21)26-13-5-2-10-22(26)23-11-3-6-14-27(23)33/h2-20H,1H3. The van der Waals surface area contributed by atoms with Crippen LogP contribution in [0.5, 0.6) is 0 Å². The fourth-order valence-corrected chi connectivity index (χ4v) is 7.98. The van der Waals surface area contributed by atoms with Crippen molar-refractivity contribution in [2.45, 2.75) is 10.3 Å². The molecular weight excluding hydrogens is 472 g/mol. The molecule has 0 saturated heterocycles. The van der Waals surface area contributed by atoms with Crippen molar-refractivity contribution in [2.75, 3.05) is 6.26 Å². The smallest absolute Gasteiger partial charge is 0.169 e. The van der Waals surface area contributed by atoms with E-state index in [4.69, 9.17) is 4.99 Å². The maximum absolute atomic E-state index is 13.6. The number of para-hydroxylation sites is 1. The third-order valence-electron chi connectivity index (χ3n) is 8.02. The molecule has 5 aromatic carbocycles. The van der Waals surface area contributed by atoms with Gasteiger partial charge in [-0.2, -0.15) is 4.36 Å². The summed E-state index contributed by atoms with van der Waals surface area (Å²) in [6, 6.07) is 40.4. The third kappa shape index (κ3) is 2.60. The minimum Gasteiger partial charge on any atom is -0.245 e. The summed E-state index contributed by atoms with van der Waals surface area (Å²) in [7, 11) is -2.59. The Labute approximate surface area is 216 Å². The highest BCUT2D eigenvalue weighted by Crippen LogP contribution is 2.62. The van der Waals surface area contributed by atoms with Gasteiger partial charge in [-0.1, -0.05) is 97.1 Å². The van der Waals surface area contributed by atoms with Crippen molar-refractivity contribution in [3.8, 4) is 22.3 Å². The highest BCUT2D eigenvalue weighted by molar-refractivity contribution is 7.93. The summed E-state index contributed by atoms with van der Waals surface area (Å²) in [5, 5.41) is 0. The van der Waals surface area contributed by atoms with Crippen LogP contribution in [0.25, 0.3) is 22.3 Å². The quantitative estimate of drug-likeness (QED) is 0.232. The molecule has 3 aliphatic rings. The van der Waals surface area contributed by atoms with Gasteiger partial charge < -0.3 is 0 Å². The topological polar surface area (TPSA) is 41.8 Å². The Morgan fingerprint density at radius 1 is 0.595 bits per heavy atom. The van der Waals surface area contributed by atoms with Gasteiger partial charge in [0.15, 0.2) is 5.84 Å². The van der Waals surface area contributed by atoms with E-state index in [1.807, 2.05) is 24.3 Å². The first-order chi connectivity index (χ1) is 18.1. The van der Waals surface area contributed by atoms with E-state index in [1.54, 1.807) is 6.26 Å². The second kappa shape index (κ2) is 7.15. The molecule has 0 radical (unpaired) electrons. The molecule has 8 rings (SSSR count). The molecule has 1 atom stereocenters. The van der Waals surface area contributed by atoms with Crippen molar-refractivity contribution in [3.63, 3.8) is 0 Å². The number of amidine groups is 1. The zero-order valence-electron chi connectivity index (χ0n) is 20.2. The molecule has 0 bridgehead atoms. The molecule has 0 amide bonds. The minimum absolute atomic E-state index is 0.421. The molecule has 5 aromatic rings. The van der Waals surface area contributed by atoms with E-state index in [0.717, 1.165) is 11.3 Å². The second-order valence-corrected chi connectivity index (χ2v) is 12.2. The molecule has 3 nitrogen and oxygen atoms in total. The number of hydrogen-bond acceptors (Lipinski definition) is 3. The molecule has 176 valence electrons. The Morgan fingerprint density at radius 3 is 1.73 bits per heavy atom. The summed E-state index contributed by atoms with van der Waals surface area (Å²) in [5.41, 5.74) is 11.3. The lowest BCUT2D eigenvalue weighted by Gasteiger charge is -2.30. The van der Waals surface area contributed by atoms with Crippen LogP contribution in [0.15, 0.2) is 130 Å². The maximum atomic E-state index is 13.6. The monoisotopic (exact) mass is 494 g/mol. The molecule has 0 N–H and O–H groups in total. The van der Waals surface area contributed by atoms with Crippen molar-refractivity contribution >= 4 is 21.3 Å². The zero-order valence-corrected chi connectivity index (χ0v) is 21.0. The van der Waals surface area contributed by atoms with Gasteiger partial charge in [-0.3, -0.25) is 0 Å².